The summed E-state index contributed by atoms with van der Waals surface area (Å²) >= 11 is 1.75. The Morgan fingerprint density at radius 3 is 3.10 bits per heavy atom. The van der Waals surface area contributed by atoms with E-state index in [0.717, 1.165) is 12.8 Å². The molecule has 0 N–H and O–H groups in total. The van der Waals surface area contributed by atoms with Crippen LogP contribution in [0.25, 0.3) is 0 Å². The molecular weight excluding hydrogens is 140 g/mol. The Labute approximate surface area is 65.9 Å². The van der Waals surface area contributed by atoms with Crippen molar-refractivity contribution in [2.24, 2.45) is 0 Å². The van der Waals surface area contributed by atoms with Gasteiger partial charge in [-0.05, 0) is 35.7 Å². The monoisotopic (exact) mass is 150 g/mol. The molecule has 0 radical (unpaired) electrons. The van der Waals surface area contributed by atoms with Crippen LogP contribution in [0.2, 0.25) is 0 Å². The van der Waals surface area contributed by atoms with Gasteiger partial charge in [0.15, 0.2) is 0 Å². The van der Waals surface area contributed by atoms with Crippen LogP contribution >= 0.6 is 11.3 Å². The van der Waals surface area contributed by atoms with E-state index in [1.165, 1.54) is 5.56 Å². The molecule has 0 nitrogen and oxygen atoms in total. The molecule has 10 heavy (non-hydrogen) atoms. The van der Waals surface area contributed by atoms with Gasteiger partial charge in [0.05, 0.1) is 0 Å². The number of hydrogen-bond acceptors (Lipinski definition) is 1. The highest BCUT2D eigenvalue weighted by Gasteiger charge is 1.88. The lowest BCUT2D eigenvalue weighted by molar-refractivity contribution is 1.04. The largest absolute Gasteiger partial charge is 0.152 e. The fraction of sp³-hybridized carbons (Fsp3) is 0.333. The first-order valence-corrected chi connectivity index (χ1v) is 4.28. The minimum absolute atomic E-state index is 0.993. The Morgan fingerprint density at radius 2 is 2.50 bits per heavy atom. The third-order valence-electron chi connectivity index (χ3n) is 1.30. The SMILES string of the molecule is CC#CCCc1ccsc1. The average Bonchev–Trinajstić information content (AvgIpc) is 2.41. The highest BCUT2D eigenvalue weighted by molar-refractivity contribution is 7.07. The third-order valence-corrected chi connectivity index (χ3v) is 2.03. The van der Waals surface area contributed by atoms with Crippen LogP contribution in [0.3, 0.4) is 0 Å². The Kier molecular flexibility index (Phi) is 3.05. The zero-order chi connectivity index (χ0) is 7.23. The van der Waals surface area contributed by atoms with Gasteiger partial charge in [-0.3, -0.25) is 0 Å². The van der Waals surface area contributed by atoms with E-state index in [9.17, 15) is 0 Å². The van der Waals surface area contributed by atoms with E-state index in [0.29, 0.717) is 0 Å². The molecule has 52 valence electrons. The highest BCUT2D eigenvalue weighted by atomic mass is 32.1. The second-order valence-electron chi connectivity index (χ2n) is 2.06. The van der Waals surface area contributed by atoms with Gasteiger partial charge < -0.3 is 0 Å². The zero-order valence-corrected chi connectivity index (χ0v) is 6.87. The van der Waals surface area contributed by atoms with Crippen molar-refractivity contribution in [3.63, 3.8) is 0 Å². The van der Waals surface area contributed by atoms with Gasteiger partial charge >= 0.3 is 0 Å². The van der Waals surface area contributed by atoms with Gasteiger partial charge in [-0.15, -0.1) is 11.8 Å². The van der Waals surface area contributed by atoms with E-state index in [2.05, 4.69) is 28.7 Å². The molecule has 1 heterocycles. The van der Waals surface area contributed by atoms with Crippen LogP contribution in [0.1, 0.15) is 18.9 Å². The van der Waals surface area contributed by atoms with E-state index >= 15 is 0 Å². The van der Waals surface area contributed by atoms with Crippen molar-refractivity contribution in [3.8, 4) is 11.8 Å². The second-order valence-corrected chi connectivity index (χ2v) is 2.84. The molecule has 0 amide bonds. The molecule has 0 atom stereocenters. The molecule has 0 aliphatic carbocycles. The Hall–Kier alpha value is -0.740. The molecular formula is C9H10S. The minimum atomic E-state index is 0.993. The first-order chi connectivity index (χ1) is 4.93. The summed E-state index contributed by atoms with van der Waals surface area (Å²) in [6.45, 7) is 1.88. The zero-order valence-electron chi connectivity index (χ0n) is 6.05. The summed E-state index contributed by atoms with van der Waals surface area (Å²) in [6.07, 6.45) is 2.09. The first-order valence-electron chi connectivity index (χ1n) is 3.34. The Bertz CT molecular complexity index is 223. The molecule has 0 saturated carbocycles. The summed E-state index contributed by atoms with van der Waals surface area (Å²) in [5.74, 6) is 5.92. The molecule has 0 fully saturated rings. The smallest absolute Gasteiger partial charge is 0.0129 e. The van der Waals surface area contributed by atoms with Crippen LogP contribution in [-0.4, -0.2) is 0 Å². The number of rotatable bonds is 2. The lowest BCUT2D eigenvalue weighted by Crippen LogP contribution is -1.76. The van der Waals surface area contributed by atoms with Gasteiger partial charge in [0.2, 0.25) is 0 Å². The second kappa shape index (κ2) is 4.14. The van der Waals surface area contributed by atoms with E-state index in [1.807, 2.05) is 6.92 Å². The van der Waals surface area contributed by atoms with Crippen LogP contribution in [0.4, 0.5) is 0 Å². The number of aryl methyl sites for hydroxylation is 1. The van der Waals surface area contributed by atoms with Crippen LogP contribution in [0, 0.1) is 11.8 Å². The molecule has 0 spiro atoms. The van der Waals surface area contributed by atoms with Crippen LogP contribution in [-0.2, 0) is 6.42 Å². The van der Waals surface area contributed by atoms with Crippen LogP contribution in [0.5, 0.6) is 0 Å². The molecule has 0 aliphatic heterocycles. The van der Waals surface area contributed by atoms with Crippen LogP contribution in [0.15, 0.2) is 16.8 Å². The Morgan fingerprint density at radius 1 is 1.60 bits per heavy atom. The minimum Gasteiger partial charge on any atom is -0.152 e. The third kappa shape index (κ3) is 2.24. The van der Waals surface area contributed by atoms with Gasteiger partial charge in [0.1, 0.15) is 0 Å². The lowest BCUT2D eigenvalue weighted by atomic mass is 10.2. The average molecular weight is 150 g/mol. The van der Waals surface area contributed by atoms with E-state index in [-0.39, 0.29) is 0 Å². The van der Waals surface area contributed by atoms with Crippen molar-refractivity contribution in [2.75, 3.05) is 0 Å². The maximum Gasteiger partial charge on any atom is 0.0129 e. The normalized spacial score (nSPS) is 8.50. The van der Waals surface area contributed by atoms with E-state index in [1.54, 1.807) is 11.3 Å². The molecule has 1 rings (SSSR count). The summed E-state index contributed by atoms with van der Waals surface area (Å²) in [4.78, 5) is 0. The molecule has 1 heteroatoms. The highest BCUT2D eigenvalue weighted by Crippen LogP contribution is 2.07. The summed E-state index contributed by atoms with van der Waals surface area (Å²) in [7, 11) is 0. The van der Waals surface area contributed by atoms with E-state index in [4.69, 9.17) is 0 Å². The predicted molar refractivity (Wildman–Crippen MR) is 46.1 cm³/mol. The molecule has 1 aromatic heterocycles. The molecule has 0 aliphatic rings. The maximum absolute atomic E-state index is 3.04. The van der Waals surface area contributed by atoms with Crippen molar-refractivity contribution in [1.82, 2.24) is 0 Å². The first kappa shape index (κ1) is 7.37. The lowest BCUT2D eigenvalue weighted by Gasteiger charge is -1.86. The van der Waals surface area contributed by atoms with Crippen molar-refractivity contribution < 1.29 is 0 Å². The van der Waals surface area contributed by atoms with Gasteiger partial charge in [0.25, 0.3) is 0 Å². The maximum atomic E-state index is 3.04. The summed E-state index contributed by atoms with van der Waals surface area (Å²) < 4.78 is 0. The number of thiophene rings is 1. The standard InChI is InChI=1S/C9H10S/c1-2-3-4-5-9-6-7-10-8-9/h6-8H,4-5H2,1H3. The summed E-state index contributed by atoms with van der Waals surface area (Å²) in [6, 6.07) is 2.15. The topological polar surface area (TPSA) is 0 Å². The molecule has 0 aromatic carbocycles. The summed E-state index contributed by atoms with van der Waals surface area (Å²) in [5, 5.41) is 4.28. The fourth-order valence-corrected chi connectivity index (χ4v) is 1.47. The molecule has 0 bridgehead atoms. The quantitative estimate of drug-likeness (QED) is 0.569. The van der Waals surface area contributed by atoms with Crippen LogP contribution < -0.4 is 0 Å². The molecule has 1 aromatic rings. The summed E-state index contributed by atoms with van der Waals surface area (Å²) in [5.41, 5.74) is 1.41. The van der Waals surface area contributed by atoms with Crippen molar-refractivity contribution in [3.05, 3.63) is 22.4 Å². The van der Waals surface area contributed by atoms with Crippen molar-refractivity contribution in [1.29, 1.82) is 0 Å². The van der Waals surface area contributed by atoms with Gasteiger partial charge in [-0.25, -0.2) is 0 Å². The molecule has 0 saturated heterocycles. The van der Waals surface area contributed by atoms with Crippen molar-refractivity contribution >= 4 is 11.3 Å². The number of hydrogen-bond donors (Lipinski definition) is 0. The molecule has 0 unspecified atom stereocenters. The Balaban J connectivity index is 2.32. The fourth-order valence-electron chi connectivity index (χ4n) is 0.767. The predicted octanol–water partition coefficient (Wildman–Crippen LogP) is 2.70. The van der Waals surface area contributed by atoms with Gasteiger partial charge in [-0.1, -0.05) is 0 Å². The van der Waals surface area contributed by atoms with Gasteiger partial charge in [-0.2, -0.15) is 11.3 Å². The van der Waals surface area contributed by atoms with Crippen molar-refractivity contribution in [2.45, 2.75) is 19.8 Å². The van der Waals surface area contributed by atoms with E-state index < -0.39 is 0 Å². The van der Waals surface area contributed by atoms with Gasteiger partial charge in [0, 0.05) is 6.42 Å².